The van der Waals surface area contributed by atoms with Gasteiger partial charge in [0.05, 0.1) is 10.5 Å². The third kappa shape index (κ3) is 2.35. The molecule has 1 aromatic heterocycles. The van der Waals surface area contributed by atoms with Crippen molar-refractivity contribution in [3.63, 3.8) is 0 Å². The number of aryl methyl sites for hydroxylation is 2. The Morgan fingerprint density at radius 1 is 1.06 bits per heavy atom. The first-order valence-electron chi connectivity index (χ1n) is 5.62. The first-order valence-corrected chi connectivity index (χ1v) is 6.00. The van der Waals surface area contributed by atoms with E-state index in [1.165, 1.54) is 5.56 Å². The zero-order valence-corrected chi connectivity index (χ0v) is 11.3. The van der Waals surface area contributed by atoms with Crippen LogP contribution in [0.3, 0.4) is 0 Å². The second-order valence-corrected chi connectivity index (χ2v) is 4.03. The van der Waals surface area contributed by atoms with Crippen LogP contribution < -0.4 is 0 Å². The molecular formula is C14H18ClN. The van der Waals surface area contributed by atoms with E-state index < -0.39 is 0 Å². The van der Waals surface area contributed by atoms with E-state index in [4.69, 9.17) is 11.6 Å². The molecule has 0 aliphatic rings. The van der Waals surface area contributed by atoms with Crippen molar-refractivity contribution in [2.45, 2.75) is 34.6 Å². The minimum atomic E-state index is 0.826. The fraction of sp³-hybridized carbons (Fsp3) is 0.357. The van der Waals surface area contributed by atoms with Gasteiger partial charge >= 0.3 is 0 Å². The van der Waals surface area contributed by atoms with Crippen molar-refractivity contribution >= 4 is 22.5 Å². The van der Waals surface area contributed by atoms with Crippen LogP contribution in [0.1, 0.15) is 30.7 Å². The van der Waals surface area contributed by atoms with Gasteiger partial charge in [0.15, 0.2) is 0 Å². The van der Waals surface area contributed by atoms with E-state index in [0.29, 0.717) is 0 Å². The lowest BCUT2D eigenvalue weighted by Crippen LogP contribution is -1.90. The summed E-state index contributed by atoms with van der Waals surface area (Å²) in [6.45, 7) is 10.1. The van der Waals surface area contributed by atoms with Crippen LogP contribution in [0.15, 0.2) is 18.2 Å². The number of benzene rings is 1. The summed E-state index contributed by atoms with van der Waals surface area (Å²) in [6, 6.07) is 6.16. The molecule has 2 heteroatoms. The fourth-order valence-corrected chi connectivity index (χ4v) is 1.84. The first-order chi connectivity index (χ1) is 7.59. The standard InChI is InChI=1S/C12H12ClN.C2H6/c1-7-4-5-10-11(6-7)14-9(3)8(2)12(10)13;1-2/h4-6H,1-3H3;1-2H3. The highest BCUT2D eigenvalue weighted by atomic mass is 35.5. The minimum absolute atomic E-state index is 0.826. The van der Waals surface area contributed by atoms with Gasteiger partial charge in [0.2, 0.25) is 0 Å². The smallest absolute Gasteiger partial charge is 0.0723 e. The van der Waals surface area contributed by atoms with Crippen molar-refractivity contribution < 1.29 is 0 Å². The Morgan fingerprint density at radius 2 is 1.69 bits per heavy atom. The van der Waals surface area contributed by atoms with E-state index in [0.717, 1.165) is 27.2 Å². The molecule has 16 heavy (non-hydrogen) atoms. The summed E-state index contributed by atoms with van der Waals surface area (Å²) in [5.74, 6) is 0. The van der Waals surface area contributed by atoms with Crippen LogP contribution in [0.25, 0.3) is 10.9 Å². The van der Waals surface area contributed by atoms with Gasteiger partial charge in [-0.1, -0.05) is 37.6 Å². The molecule has 2 aromatic rings. The molecule has 1 aromatic carbocycles. The molecule has 2 rings (SSSR count). The summed E-state index contributed by atoms with van der Waals surface area (Å²) >= 11 is 6.24. The number of hydrogen-bond acceptors (Lipinski definition) is 1. The molecule has 0 aliphatic carbocycles. The molecular weight excluding hydrogens is 218 g/mol. The predicted molar refractivity (Wildman–Crippen MR) is 72.3 cm³/mol. The average molecular weight is 236 g/mol. The molecule has 0 aliphatic heterocycles. The highest BCUT2D eigenvalue weighted by Gasteiger charge is 2.06. The Morgan fingerprint density at radius 3 is 2.31 bits per heavy atom. The number of aromatic nitrogens is 1. The molecule has 1 heterocycles. The molecule has 1 nitrogen and oxygen atoms in total. The maximum atomic E-state index is 6.24. The van der Waals surface area contributed by atoms with Gasteiger partial charge in [0.25, 0.3) is 0 Å². The zero-order valence-electron chi connectivity index (χ0n) is 10.6. The second-order valence-electron chi connectivity index (χ2n) is 3.66. The second kappa shape index (κ2) is 5.31. The van der Waals surface area contributed by atoms with Gasteiger partial charge in [-0.2, -0.15) is 0 Å². The first kappa shape index (κ1) is 13.0. The van der Waals surface area contributed by atoms with Gasteiger partial charge in [0.1, 0.15) is 0 Å². The summed E-state index contributed by atoms with van der Waals surface area (Å²) in [6.07, 6.45) is 0. The summed E-state index contributed by atoms with van der Waals surface area (Å²) < 4.78 is 0. The lowest BCUT2D eigenvalue weighted by molar-refractivity contribution is 1.19. The highest BCUT2D eigenvalue weighted by Crippen LogP contribution is 2.27. The normalized spacial score (nSPS) is 9.88. The lowest BCUT2D eigenvalue weighted by atomic mass is 10.1. The monoisotopic (exact) mass is 235 g/mol. The van der Waals surface area contributed by atoms with E-state index in [1.54, 1.807) is 0 Å². The Bertz CT molecular complexity index is 504. The third-order valence-corrected chi connectivity index (χ3v) is 3.04. The van der Waals surface area contributed by atoms with Crippen LogP contribution in [-0.2, 0) is 0 Å². The Hall–Kier alpha value is -1.08. The van der Waals surface area contributed by atoms with Gasteiger partial charge in [0, 0.05) is 11.1 Å². The van der Waals surface area contributed by atoms with Crippen molar-refractivity contribution in [3.8, 4) is 0 Å². The molecule has 0 spiro atoms. The third-order valence-electron chi connectivity index (χ3n) is 2.55. The average Bonchev–Trinajstić information content (AvgIpc) is 2.28. The maximum Gasteiger partial charge on any atom is 0.0723 e. The summed E-state index contributed by atoms with van der Waals surface area (Å²) in [5.41, 5.74) is 4.28. The molecule has 0 atom stereocenters. The van der Waals surface area contributed by atoms with Gasteiger partial charge in [-0.3, -0.25) is 4.98 Å². The number of halogens is 1. The van der Waals surface area contributed by atoms with Crippen LogP contribution in [-0.4, -0.2) is 4.98 Å². The maximum absolute atomic E-state index is 6.24. The molecule has 0 bridgehead atoms. The van der Waals surface area contributed by atoms with E-state index in [1.807, 2.05) is 33.8 Å². The Labute approximate surface area is 102 Å². The molecule has 86 valence electrons. The zero-order chi connectivity index (χ0) is 12.3. The van der Waals surface area contributed by atoms with Crippen LogP contribution in [0.2, 0.25) is 5.02 Å². The molecule has 0 amide bonds. The summed E-state index contributed by atoms with van der Waals surface area (Å²) in [5, 5.41) is 1.87. The van der Waals surface area contributed by atoms with Gasteiger partial charge < -0.3 is 0 Å². The summed E-state index contributed by atoms with van der Waals surface area (Å²) in [7, 11) is 0. The molecule has 0 radical (unpaired) electrons. The Kier molecular flexibility index (Phi) is 4.31. The van der Waals surface area contributed by atoms with Gasteiger partial charge in [-0.05, 0) is 38.0 Å². The number of pyridine rings is 1. The Balaban J connectivity index is 0.000000606. The molecule has 0 fully saturated rings. The number of nitrogens with zero attached hydrogens (tertiary/aromatic N) is 1. The largest absolute Gasteiger partial charge is 0.253 e. The molecule has 0 saturated carbocycles. The molecule has 0 saturated heterocycles. The van der Waals surface area contributed by atoms with Crippen molar-refractivity contribution in [2.24, 2.45) is 0 Å². The van der Waals surface area contributed by atoms with Gasteiger partial charge in [-0.15, -0.1) is 0 Å². The molecule has 0 N–H and O–H groups in total. The van der Waals surface area contributed by atoms with Crippen molar-refractivity contribution in [1.82, 2.24) is 4.98 Å². The fourth-order valence-electron chi connectivity index (χ4n) is 1.55. The predicted octanol–water partition coefficient (Wildman–Crippen LogP) is 4.84. The SMILES string of the molecule is CC.Cc1ccc2c(Cl)c(C)c(C)nc2c1. The highest BCUT2D eigenvalue weighted by molar-refractivity contribution is 6.36. The number of hydrogen-bond donors (Lipinski definition) is 0. The van der Waals surface area contributed by atoms with Crippen LogP contribution >= 0.6 is 11.6 Å². The van der Waals surface area contributed by atoms with E-state index in [9.17, 15) is 0 Å². The number of rotatable bonds is 0. The van der Waals surface area contributed by atoms with Crippen molar-refractivity contribution in [2.75, 3.05) is 0 Å². The van der Waals surface area contributed by atoms with E-state index >= 15 is 0 Å². The van der Waals surface area contributed by atoms with Crippen molar-refractivity contribution in [3.05, 3.63) is 40.0 Å². The van der Waals surface area contributed by atoms with E-state index in [2.05, 4.69) is 24.0 Å². The topological polar surface area (TPSA) is 12.9 Å². The van der Waals surface area contributed by atoms with E-state index in [-0.39, 0.29) is 0 Å². The molecule has 0 unspecified atom stereocenters. The summed E-state index contributed by atoms with van der Waals surface area (Å²) in [4.78, 5) is 4.51. The van der Waals surface area contributed by atoms with Crippen molar-refractivity contribution in [1.29, 1.82) is 0 Å². The number of fused-ring (bicyclic) bond motifs is 1. The minimum Gasteiger partial charge on any atom is -0.253 e. The van der Waals surface area contributed by atoms with Crippen LogP contribution in [0.5, 0.6) is 0 Å². The van der Waals surface area contributed by atoms with Gasteiger partial charge in [-0.25, -0.2) is 0 Å². The lowest BCUT2D eigenvalue weighted by Gasteiger charge is -2.07. The quantitative estimate of drug-likeness (QED) is 0.637. The van der Waals surface area contributed by atoms with Crippen LogP contribution in [0.4, 0.5) is 0 Å². The van der Waals surface area contributed by atoms with Crippen LogP contribution in [0, 0.1) is 20.8 Å².